The molecule has 1 rings (SSSR count). The molecule has 0 spiro atoms. The van der Waals surface area contributed by atoms with Gasteiger partial charge in [-0.2, -0.15) is 0 Å². The van der Waals surface area contributed by atoms with Crippen molar-refractivity contribution in [2.45, 2.75) is 65.8 Å². The second kappa shape index (κ2) is 8.50. The van der Waals surface area contributed by atoms with Crippen LogP contribution in [0.3, 0.4) is 0 Å². The number of likely N-dealkylation sites (N-methyl/N-ethyl adjacent to an activating group) is 1. The number of hydrogen-bond acceptors (Lipinski definition) is 3. The summed E-state index contributed by atoms with van der Waals surface area (Å²) in [5.74, 6) is 0.872. The molecule has 3 nitrogen and oxygen atoms in total. The van der Waals surface area contributed by atoms with Crippen molar-refractivity contribution in [3.8, 4) is 0 Å². The summed E-state index contributed by atoms with van der Waals surface area (Å²) in [6.45, 7) is 16.5. The molecular weight excluding hydrogens is 260 g/mol. The molecule has 0 radical (unpaired) electrons. The van der Waals surface area contributed by atoms with Gasteiger partial charge in [-0.3, -0.25) is 0 Å². The SMILES string of the molecule is CCCC(C)(CNC(C)(C)C)CN(C)CCOCC1CC1. The van der Waals surface area contributed by atoms with Gasteiger partial charge in [-0.15, -0.1) is 0 Å². The first-order valence-corrected chi connectivity index (χ1v) is 8.75. The third-order valence-electron chi connectivity index (χ3n) is 4.22. The predicted octanol–water partition coefficient (Wildman–Crippen LogP) is 3.54. The van der Waals surface area contributed by atoms with Crippen LogP contribution in [-0.2, 0) is 4.74 Å². The largest absolute Gasteiger partial charge is 0.380 e. The van der Waals surface area contributed by atoms with E-state index in [4.69, 9.17) is 4.74 Å². The van der Waals surface area contributed by atoms with Gasteiger partial charge in [0, 0.05) is 31.8 Å². The minimum absolute atomic E-state index is 0.195. The van der Waals surface area contributed by atoms with Gasteiger partial charge >= 0.3 is 0 Å². The number of nitrogens with zero attached hydrogens (tertiary/aromatic N) is 1. The van der Waals surface area contributed by atoms with E-state index in [0.717, 1.165) is 38.8 Å². The van der Waals surface area contributed by atoms with Crippen molar-refractivity contribution < 1.29 is 4.74 Å². The molecule has 0 aromatic rings. The molecular formula is C18H38N2O. The summed E-state index contributed by atoms with van der Waals surface area (Å²) in [6.07, 6.45) is 5.27. The molecule has 1 N–H and O–H groups in total. The fourth-order valence-corrected chi connectivity index (χ4v) is 2.79. The van der Waals surface area contributed by atoms with Gasteiger partial charge in [0.2, 0.25) is 0 Å². The van der Waals surface area contributed by atoms with Gasteiger partial charge in [0.05, 0.1) is 6.61 Å². The topological polar surface area (TPSA) is 24.5 Å². The maximum Gasteiger partial charge on any atom is 0.0593 e. The lowest BCUT2D eigenvalue weighted by Gasteiger charge is -2.36. The molecule has 0 heterocycles. The third kappa shape index (κ3) is 9.49. The normalized spacial score (nSPS) is 19.0. The Balaban J connectivity index is 2.28. The van der Waals surface area contributed by atoms with Gasteiger partial charge in [0.25, 0.3) is 0 Å². The van der Waals surface area contributed by atoms with Crippen molar-refractivity contribution in [1.29, 1.82) is 0 Å². The highest BCUT2D eigenvalue weighted by Gasteiger charge is 2.27. The Hall–Kier alpha value is -0.120. The first kappa shape index (κ1) is 18.9. The maximum atomic E-state index is 5.76. The van der Waals surface area contributed by atoms with E-state index in [-0.39, 0.29) is 5.54 Å². The van der Waals surface area contributed by atoms with Crippen LogP contribution >= 0.6 is 0 Å². The lowest BCUT2D eigenvalue weighted by atomic mass is 9.84. The van der Waals surface area contributed by atoms with E-state index in [9.17, 15) is 0 Å². The van der Waals surface area contributed by atoms with E-state index in [1.165, 1.54) is 25.7 Å². The summed E-state index contributed by atoms with van der Waals surface area (Å²) < 4.78 is 5.76. The Kier molecular flexibility index (Phi) is 7.66. The molecule has 1 atom stereocenters. The molecule has 0 aliphatic heterocycles. The van der Waals surface area contributed by atoms with Crippen molar-refractivity contribution in [2.75, 3.05) is 39.9 Å². The predicted molar refractivity (Wildman–Crippen MR) is 91.8 cm³/mol. The lowest BCUT2D eigenvalue weighted by Crippen LogP contribution is -2.47. The van der Waals surface area contributed by atoms with Crippen LogP contribution in [0, 0.1) is 11.3 Å². The smallest absolute Gasteiger partial charge is 0.0593 e. The van der Waals surface area contributed by atoms with Crippen molar-refractivity contribution in [1.82, 2.24) is 10.2 Å². The van der Waals surface area contributed by atoms with E-state index >= 15 is 0 Å². The first-order chi connectivity index (χ1) is 9.74. The summed E-state index contributed by atoms with van der Waals surface area (Å²) in [5.41, 5.74) is 0.536. The Labute approximate surface area is 132 Å². The van der Waals surface area contributed by atoms with E-state index in [2.05, 4.69) is 51.9 Å². The first-order valence-electron chi connectivity index (χ1n) is 8.75. The molecule has 0 saturated heterocycles. The van der Waals surface area contributed by atoms with Crippen molar-refractivity contribution in [3.63, 3.8) is 0 Å². The quantitative estimate of drug-likeness (QED) is 0.591. The maximum absolute atomic E-state index is 5.76. The van der Waals surface area contributed by atoms with Gasteiger partial charge in [-0.25, -0.2) is 0 Å². The minimum atomic E-state index is 0.195. The summed E-state index contributed by atoms with van der Waals surface area (Å²) in [7, 11) is 2.23. The minimum Gasteiger partial charge on any atom is -0.380 e. The highest BCUT2D eigenvalue weighted by molar-refractivity contribution is 4.83. The summed E-state index contributed by atoms with van der Waals surface area (Å²) in [6, 6.07) is 0. The van der Waals surface area contributed by atoms with Crippen LogP contribution in [0.4, 0.5) is 0 Å². The number of ether oxygens (including phenoxy) is 1. The van der Waals surface area contributed by atoms with Crippen LogP contribution in [0.5, 0.6) is 0 Å². The molecule has 0 aromatic carbocycles. The van der Waals surface area contributed by atoms with E-state index in [0.29, 0.717) is 5.41 Å². The Morgan fingerprint density at radius 1 is 1.19 bits per heavy atom. The fourth-order valence-electron chi connectivity index (χ4n) is 2.79. The average Bonchev–Trinajstić information content (AvgIpc) is 3.16. The molecule has 0 amide bonds. The van der Waals surface area contributed by atoms with Crippen LogP contribution in [-0.4, -0.2) is 50.3 Å². The molecule has 0 aromatic heterocycles. The number of rotatable bonds is 11. The molecule has 21 heavy (non-hydrogen) atoms. The summed E-state index contributed by atoms with van der Waals surface area (Å²) in [4.78, 5) is 2.44. The van der Waals surface area contributed by atoms with Gasteiger partial charge < -0.3 is 15.0 Å². The van der Waals surface area contributed by atoms with E-state index < -0.39 is 0 Å². The van der Waals surface area contributed by atoms with Gasteiger partial charge in [0.1, 0.15) is 0 Å². The molecule has 1 unspecified atom stereocenters. The lowest BCUT2D eigenvalue weighted by molar-refractivity contribution is 0.0855. The van der Waals surface area contributed by atoms with Gasteiger partial charge in [-0.05, 0) is 58.4 Å². The van der Waals surface area contributed by atoms with Crippen LogP contribution in [0.15, 0.2) is 0 Å². The zero-order valence-electron chi connectivity index (χ0n) is 15.3. The summed E-state index contributed by atoms with van der Waals surface area (Å²) in [5, 5.41) is 3.69. The number of nitrogens with one attached hydrogen (secondary N) is 1. The second-order valence-electron chi connectivity index (χ2n) is 8.42. The van der Waals surface area contributed by atoms with Gasteiger partial charge in [-0.1, -0.05) is 20.3 Å². The molecule has 3 heteroatoms. The zero-order valence-corrected chi connectivity index (χ0v) is 15.3. The molecule has 126 valence electrons. The molecule has 1 saturated carbocycles. The van der Waals surface area contributed by atoms with Crippen molar-refractivity contribution >= 4 is 0 Å². The van der Waals surface area contributed by atoms with Crippen LogP contribution in [0.25, 0.3) is 0 Å². The third-order valence-corrected chi connectivity index (χ3v) is 4.22. The highest BCUT2D eigenvalue weighted by atomic mass is 16.5. The fraction of sp³-hybridized carbons (Fsp3) is 1.00. The Morgan fingerprint density at radius 3 is 2.38 bits per heavy atom. The summed E-state index contributed by atoms with van der Waals surface area (Å²) >= 11 is 0. The monoisotopic (exact) mass is 298 g/mol. The van der Waals surface area contributed by atoms with Crippen LogP contribution in [0.1, 0.15) is 60.3 Å². The zero-order chi connectivity index (χ0) is 15.9. The van der Waals surface area contributed by atoms with Crippen LogP contribution in [0.2, 0.25) is 0 Å². The highest BCUT2D eigenvalue weighted by Crippen LogP contribution is 2.28. The Morgan fingerprint density at radius 2 is 1.86 bits per heavy atom. The average molecular weight is 299 g/mol. The second-order valence-corrected chi connectivity index (χ2v) is 8.42. The molecule has 1 fully saturated rings. The van der Waals surface area contributed by atoms with E-state index in [1.807, 2.05) is 0 Å². The number of hydrogen-bond donors (Lipinski definition) is 1. The van der Waals surface area contributed by atoms with Crippen molar-refractivity contribution in [3.05, 3.63) is 0 Å². The van der Waals surface area contributed by atoms with Crippen LogP contribution < -0.4 is 5.32 Å². The molecule has 0 bridgehead atoms. The Bertz CT molecular complexity index is 283. The van der Waals surface area contributed by atoms with Gasteiger partial charge in [0.15, 0.2) is 0 Å². The molecule has 1 aliphatic carbocycles. The standard InChI is InChI=1S/C18H38N2O/c1-7-10-18(5,14-19-17(2,3)4)15-20(6)11-12-21-13-16-8-9-16/h16,19H,7-15H2,1-6H3. The van der Waals surface area contributed by atoms with E-state index in [1.54, 1.807) is 0 Å². The van der Waals surface area contributed by atoms with Crippen molar-refractivity contribution in [2.24, 2.45) is 11.3 Å². The molecule has 1 aliphatic rings.